The fraction of sp³-hybridized carbons (Fsp3) is 0.600. The lowest BCUT2D eigenvalue weighted by Crippen LogP contribution is -2.62. The van der Waals surface area contributed by atoms with Gasteiger partial charge < -0.3 is 5.32 Å². The van der Waals surface area contributed by atoms with Gasteiger partial charge in [0.05, 0.1) is 0 Å². The average molecular weight is 233 g/mol. The highest BCUT2D eigenvalue weighted by atomic mass is 19.1. The lowest BCUT2D eigenvalue weighted by Gasteiger charge is -2.57. The molecular weight excluding hydrogens is 213 g/mol. The van der Waals surface area contributed by atoms with E-state index in [2.05, 4.69) is 26.1 Å². The van der Waals surface area contributed by atoms with Crippen LogP contribution in [0.15, 0.2) is 18.2 Å². The highest BCUT2D eigenvalue weighted by Crippen LogP contribution is 2.53. The fourth-order valence-corrected chi connectivity index (χ4v) is 3.73. The minimum absolute atomic E-state index is 0.0958. The van der Waals surface area contributed by atoms with Gasteiger partial charge in [-0.2, -0.15) is 0 Å². The van der Waals surface area contributed by atoms with Crippen LogP contribution in [0.25, 0.3) is 0 Å². The number of hydrogen-bond donors (Lipinski definition) is 1. The monoisotopic (exact) mass is 233 g/mol. The van der Waals surface area contributed by atoms with Gasteiger partial charge in [-0.15, -0.1) is 0 Å². The van der Waals surface area contributed by atoms with Crippen LogP contribution < -0.4 is 5.32 Å². The van der Waals surface area contributed by atoms with Crippen molar-refractivity contribution in [2.75, 3.05) is 6.54 Å². The molecule has 0 spiro atoms. The van der Waals surface area contributed by atoms with Crippen molar-refractivity contribution >= 4 is 0 Å². The zero-order chi connectivity index (χ0) is 12.3. The van der Waals surface area contributed by atoms with E-state index in [9.17, 15) is 4.39 Å². The van der Waals surface area contributed by atoms with Gasteiger partial charge in [-0.25, -0.2) is 4.39 Å². The zero-order valence-corrected chi connectivity index (χ0v) is 10.8. The van der Waals surface area contributed by atoms with Crippen LogP contribution in [-0.2, 0) is 11.8 Å². The minimum atomic E-state index is -0.0993. The number of benzene rings is 1. The minimum Gasteiger partial charge on any atom is -0.313 e. The zero-order valence-electron chi connectivity index (χ0n) is 10.8. The molecule has 2 atom stereocenters. The largest absolute Gasteiger partial charge is 0.313 e. The van der Waals surface area contributed by atoms with Crippen molar-refractivity contribution in [2.45, 2.75) is 45.1 Å². The van der Waals surface area contributed by atoms with Crippen LogP contribution >= 0.6 is 0 Å². The second-order valence-electron chi connectivity index (χ2n) is 6.32. The number of piperidine rings is 1. The van der Waals surface area contributed by atoms with Gasteiger partial charge in [0.2, 0.25) is 0 Å². The molecule has 1 saturated heterocycles. The second-order valence-corrected chi connectivity index (χ2v) is 6.32. The molecule has 0 amide bonds. The van der Waals surface area contributed by atoms with Gasteiger partial charge in [0, 0.05) is 11.5 Å². The molecule has 1 aromatic carbocycles. The van der Waals surface area contributed by atoms with Crippen LogP contribution in [0, 0.1) is 11.2 Å². The summed E-state index contributed by atoms with van der Waals surface area (Å²) in [5.41, 5.74) is 2.84. The molecule has 2 aliphatic rings. The van der Waals surface area contributed by atoms with Gasteiger partial charge in [0.25, 0.3) is 0 Å². The SMILES string of the molecule is CC12CCNC(Cc3ccc(F)cc31)C2(C)C. The predicted octanol–water partition coefficient (Wildman–Crippen LogP) is 3.03. The summed E-state index contributed by atoms with van der Waals surface area (Å²) in [4.78, 5) is 0. The molecule has 2 bridgehead atoms. The molecule has 1 heterocycles. The van der Waals surface area contributed by atoms with E-state index in [1.807, 2.05) is 6.07 Å². The normalized spacial score (nSPS) is 34.2. The Morgan fingerprint density at radius 1 is 1.29 bits per heavy atom. The second kappa shape index (κ2) is 3.32. The van der Waals surface area contributed by atoms with Crippen LogP contribution in [0.5, 0.6) is 0 Å². The molecule has 1 aromatic rings. The maximum atomic E-state index is 13.5. The molecule has 92 valence electrons. The summed E-state index contributed by atoms with van der Waals surface area (Å²) < 4.78 is 13.5. The quantitative estimate of drug-likeness (QED) is 0.726. The molecule has 2 unspecified atom stereocenters. The van der Waals surface area contributed by atoms with Crippen molar-refractivity contribution in [1.29, 1.82) is 0 Å². The molecule has 1 N–H and O–H groups in total. The van der Waals surface area contributed by atoms with Crippen molar-refractivity contribution in [1.82, 2.24) is 5.32 Å². The lowest BCUT2D eigenvalue weighted by molar-refractivity contribution is 0.0556. The van der Waals surface area contributed by atoms with Crippen LogP contribution in [0.1, 0.15) is 38.3 Å². The first-order chi connectivity index (χ1) is 7.95. The third kappa shape index (κ3) is 1.33. The molecular formula is C15H20FN. The van der Waals surface area contributed by atoms with Crippen LogP contribution in [0.2, 0.25) is 0 Å². The Labute approximate surface area is 102 Å². The van der Waals surface area contributed by atoms with E-state index in [0.717, 1.165) is 19.4 Å². The lowest BCUT2D eigenvalue weighted by atomic mass is 9.51. The molecule has 0 aromatic heterocycles. The first-order valence-electron chi connectivity index (χ1n) is 6.47. The Hall–Kier alpha value is -0.890. The summed E-state index contributed by atoms with van der Waals surface area (Å²) in [6.07, 6.45) is 2.12. The summed E-state index contributed by atoms with van der Waals surface area (Å²) in [6.45, 7) is 7.98. The standard InChI is InChI=1S/C15H20FN/c1-14(2)13-8-10-4-5-11(16)9-12(10)15(14,3)6-7-17-13/h4-5,9,13,17H,6-8H2,1-3H3. The Morgan fingerprint density at radius 2 is 2.06 bits per heavy atom. The summed E-state index contributed by atoms with van der Waals surface area (Å²) in [6, 6.07) is 5.84. The highest BCUT2D eigenvalue weighted by Gasteiger charge is 2.53. The average Bonchev–Trinajstić information content (AvgIpc) is 2.25. The molecule has 1 fully saturated rings. The van der Waals surface area contributed by atoms with Crippen molar-refractivity contribution in [3.8, 4) is 0 Å². The third-order valence-electron chi connectivity index (χ3n) is 5.40. The number of hydrogen-bond acceptors (Lipinski definition) is 1. The van der Waals surface area contributed by atoms with Crippen LogP contribution in [0.4, 0.5) is 4.39 Å². The molecule has 1 aliphatic carbocycles. The van der Waals surface area contributed by atoms with Crippen LogP contribution in [-0.4, -0.2) is 12.6 Å². The molecule has 0 saturated carbocycles. The molecule has 0 radical (unpaired) electrons. The molecule has 1 nitrogen and oxygen atoms in total. The maximum Gasteiger partial charge on any atom is 0.123 e. The van der Waals surface area contributed by atoms with E-state index in [4.69, 9.17) is 0 Å². The van der Waals surface area contributed by atoms with Crippen molar-refractivity contribution < 1.29 is 4.39 Å². The molecule has 17 heavy (non-hydrogen) atoms. The first-order valence-corrected chi connectivity index (χ1v) is 6.47. The van der Waals surface area contributed by atoms with Gasteiger partial charge in [-0.05, 0) is 48.1 Å². The number of rotatable bonds is 0. The maximum absolute atomic E-state index is 13.5. The Morgan fingerprint density at radius 3 is 2.82 bits per heavy atom. The van der Waals surface area contributed by atoms with Crippen molar-refractivity contribution in [2.24, 2.45) is 5.41 Å². The van der Waals surface area contributed by atoms with Crippen LogP contribution in [0.3, 0.4) is 0 Å². The summed E-state index contributed by atoms with van der Waals surface area (Å²) in [7, 11) is 0. The predicted molar refractivity (Wildman–Crippen MR) is 67.6 cm³/mol. The Kier molecular flexibility index (Phi) is 2.19. The first kappa shape index (κ1) is 11.2. The van der Waals surface area contributed by atoms with E-state index in [-0.39, 0.29) is 16.6 Å². The van der Waals surface area contributed by atoms with Gasteiger partial charge in [-0.3, -0.25) is 0 Å². The van der Waals surface area contributed by atoms with Gasteiger partial charge >= 0.3 is 0 Å². The van der Waals surface area contributed by atoms with Crippen molar-refractivity contribution in [3.63, 3.8) is 0 Å². The van der Waals surface area contributed by atoms with Gasteiger partial charge in [0.1, 0.15) is 5.82 Å². The van der Waals surface area contributed by atoms with E-state index < -0.39 is 0 Å². The highest BCUT2D eigenvalue weighted by molar-refractivity contribution is 5.42. The van der Waals surface area contributed by atoms with E-state index >= 15 is 0 Å². The number of halogens is 1. The Bertz CT molecular complexity index is 466. The summed E-state index contributed by atoms with van der Waals surface area (Å²) in [5.74, 6) is -0.0993. The van der Waals surface area contributed by atoms with E-state index in [1.165, 1.54) is 11.1 Å². The Balaban J connectivity index is 2.23. The number of nitrogens with one attached hydrogen (secondary N) is 1. The smallest absolute Gasteiger partial charge is 0.123 e. The number of fused-ring (bicyclic) bond motifs is 4. The molecule has 3 rings (SSSR count). The van der Waals surface area contributed by atoms with Crippen molar-refractivity contribution in [3.05, 3.63) is 35.1 Å². The van der Waals surface area contributed by atoms with Gasteiger partial charge in [-0.1, -0.05) is 26.8 Å². The third-order valence-corrected chi connectivity index (χ3v) is 5.40. The van der Waals surface area contributed by atoms with E-state index in [1.54, 1.807) is 12.1 Å². The fourth-order valence-electron chi connectivity index (χ4n) is 3.73. The summed E-state index contributed by atoms with van der Waals surface area (Å²) in [5, 5.41) is 3.63. The molecule has 1 aliphatic heterocycles. The summed E-state index contributed by atoms with van der Waals surface area (Å²) >= 11 is 0. The van der Waals surface area contributed by atoms with Gasteiger partial charge in [0.15, 0.2) is 0 Å². The topological polar surface area (TPSA) is 12.0 Å². The molecule has 2 heteroatoms. The van der Waals surface area contributed by atoms with E-state index in [0.29, 0.717) is 6.04 Å².